The van der Waals surface area contributed by atoms with E-state index >= 15 is 4.39 Å². The van der Waals surface area contributed by atoms with Crippen LogP contribution in [0.3, 0.4) is 0 Å². The SMILES string of the molecule is Cc1ccc(N2CCC[C@H](N(CC3=CN(C4CC4)c4cc(N5CCN[C@H](C)C5)c(F)cc4C3)Cc3ccnc(C)c3)C2)cn1. The topological polar surface area (TPSA) is 50.8 Å². The maximum Gasteiger partial charge on any atom is 0.146 e. The molecule has 2 saturated heterocycles. The van der Waals surface area contributed by atoms with E-state index in [2.05, 4.69) is 85.3 Å². The summed E-state index contributed by atoms with van der Waals surface area (Å²) >= 11 is 0. The van der Waals surface area contributed by atoms with Gasteiger partial charge in [0.2, 0.25) is 0 Å². The van der Waals surface area contributed by atoms with E-state index in [4.69, 9.17) is 0 Å². The van der Waals surface area contributed by atoms with Gasteiger partial charge in [0.25, 0.3) is 0 Å². The van der Waals surface area contributed by atoms with Crippen LogP contribution in [0.5, 0.6) is 0 Å². The van der Waals surface area contributed by atoms with Crippen molar-refractivity contribution < 1.29 is 4.39 Å². The Morgan fingerprint density at radius 2 is 1.82 bits per heavy atom. The highest BCUT2D eigenvalue weighted by Crippen LogP contribution is 2.41. The second kappa shape index (κ2) is 12.5. The lowest BCUT2D eigenvalue weighted by Crippen LogP contribution is -2.49. The summed E-state index contributed by atoms with van der Waals surface area (Å²) < 4.78 is 15.7. The van der Waals surface area contributed by atoms with Crippen molar-refractivity contribution in [1.29, 1.82) is 0 Å². The normalized spacial score (nSPS) is 22.3. The summed E-state index contributed by atoms with van der Waals surface area (Å²) in [5.41, 5.74) is 9.04. The van der Waals surface area contributed by atoms with Crippen LogP contribution in [0.25, 0.3) is 0 Å². The molecule has 1 aliphatic carbocycles. The maximum absolute atomic E-state index is 15.7. The first-order valence-corrected chi connectivity index (χ1v) is 16.5. The summed E-state index contributed by atoms with van der Waals surface area (Å²) in [4.78, 5) is 18.9. The Morgan fingerprint density at radius 3 is 2.59 bits per heavy atom. The van der Waals surface area contributed by atoms with Crippen LogP contribution in [-0.4, -0.2) is 72.3 Å². The van der Waals surface area contributed by atoms with E-state index in [1.807, 2.05) is 25.4 Å². The molecule has 3 aliphatic heterocycles. The van der Waals surface area contributed by atoms with Crippen molar-refractivity contribution >= 4 is 17.1 Å². The van der Waals surface area contributed by atoms with Gasteiger partial charge in [-0.3, -0.25) is 14.9 Å². The lowest BCUT2D eigenvalue weighted by molar-refractivity contribution is 0.180. The van der Waals surface area contributed by atoms with Crippen molar-refractivity contribution in [1.82, 2.24) is 20.2 Å². The Bertz CT molecular complexity index is 1500. The van der Waals surface area contributed by atoms with E-state index in [9.17, 15) is 0 Å². The molecule has 8 heteroatoms. The van der Waals surface area contributed by atoms with Crippen molar-refractivity contribution in [3.63, 3.8) is 0 Å². The Hall–Kier alpha value is -3.49. The predicted molar refractivity (Wildman–Crippen MR) is 177 cm³/mol. The lowest BCUT2D eigenvalue weighted by atomic mass is 9.96. The zero-order valence-electron chi connectivity index (χ0n) is 26.5. The van der Waals surface area contributed by atoms with Crippen LogP contribution >= 0.6 is 0 Å². The van der Waals surface area contributed by atoms with Crippen LogP contribution in [-0.2, 0) is 13.0 Å². The fourth-order valence-electron chi connectivity index (χ4n) is 7.32. The Labute approximate surface area is 261 Å². The van der Waals surface area contributed by atoms with Gasteiger partial charge >= 0.3 is 0 Å². The van der Waals surface area contributed by atoms with Crippen LogP contribution in [0.1, 0.15) is 55.1 Å². The first-order chi connectivity index (χ1) is 21.4. The molecule has 7 rings (SSSR count). The van der Waals surface area contributed by atoms with Crippen LogP contribution in [0, 0.1) is 19.7 Å². The number of nitrogens with zero attached hydrogens (tertiary/aromatic N) is 6. The molecule has 0 unspecified atom stereocenters. The van der Waals surface area contributed by atoms with Gasteiger partial charge in [0.1, 0.15) is 5.82 Å². The standard InChI is InChI=1S/C36H46FN7/c1-25-6-7-32(19-40-25)41-13-4-5-33(24-41)43(21-28-10-11-38-26(2)15-28)22-29-16-30-17-34(37)36(42-14-12-39-27(3)20-42)18-35(30)44(23-29)31-8-9-31/h6-7,10-11,15,17-19,23,27,31,33,39H,4-5,8-9,12-14,16,20-22,24H2,1-3H3/t27-,33+/m1/s1. The summed E-state index contributed by atoms with van der Waals surface area (Å²) in [6.07, 6.45) is 11.9. The van der Waals surface area contributed by atoms with Gasteiger partial charge in [-0.25, -0.2) is 4.39 Å². The van der Waals surface area contributed by atoms with Gasteiger partial charge in [-0.2, -0.15) is 0 Å². The Kier molecular flexibility index (Phi) is 8.29. The average molecular weight is 596 g/mol. The molecule has 232 valence electrons. The molecule has 1 saturated carbocycles. The van der Waals surface area contributed by atoms with Gasteiger partial charge < -0.3 is 20.0 Å². The number of halogens is 1. The van der Waals surface area contributed by atoms with E-state index in [1.54, 1.807) is 0 Å². The number of pyridine rings is 2. The second-order valence-corrected chi connectivity index (χ2v) is 13.4. The minimum Gasteiger partial charge on any atom is -0.369 e. The third-order valence-corrected chi connectivity index (χ3v) is 9.74. The third-order valence-electron chi connectivity index (χ3n) is 9.74. The monoisotopic (exact) mass is 595 g/mol. The number of benzene rings is 1. The second-order valence-electron chi connectivity index (χ2n) is 13.4. The molecule has 5 heterocycles. The molecule has 3 aromatic rings. The quantitative estimate of drug-likeness (QED) is 0.363. The molecule has 4 aliphatic rings. The first-order valence-electron chi connectivity index (χ1n) is 16.5. The number of hydrogen-bond acceptors (Lipinski definition) is 7. The number of aryl methyl sites for hydroxylation is 2. The van der Waals surface area contributed by atoms with Crippen LogP contribution in [0.2, 0.25) is 0 Å². The van der Waals surface area contributed by atoms with E-state index < -0.39 is 0 Å². The molecule has 0 spiro atoms. The first kappa shape index (κ1) is 29.2. The van der Waals surface area contributed by atoms with Crippen molar-refractivity contribution in [3.8, 4) is 0 Å². The van der Waals surface area contributed by atoms with E-state index in [-0.39, 0.29) is 5.82 Å². The Balaban J connectivity index is 1.16. The van der Waals surface area contributed by atoms with Gasteiger partial charge in [-0.15, -0.1) is 0 Å². The molecular formula is C36H46FN7. The molecule has 1 aromatic carbocycles. The number of hydrogen-bond donors (Lipinski definition) is 1. The summed E-state index contributed by atoms with van der Waals surface area (Å²) in [5, 5.41) is 3.49. The lowest BCUT2D eigenvalue weighted by Gasteiger charge is -2.41. The minimum atomic E-state index is -0.0893. The largest absolute Gasteiger partial charge is 0.369 e. The summed E-state index contributed by atoms with van der Waals surface area (Å²) in [6, 6.07) is 13.9. The molecule has 0 radical (unpaired) electrons. The Morgan fingerprint density at radius 1 is 0.932 bits per heavy atom. The fraction of sp³-hybridized carbons (Fsp3) is 0.500. The highest BCUT2D eigenvalue weighted by atomic mass is 19.1. The third kappa shape index (κ3) is 6.47. The number of fused-ring (bicyclic) bond motifs is 1. The van der Waals surface area contributed by atoms with Crippen LogP contribution in [0.4, 0.5) is 21.5 Å². The molecule has 0 amide bonds. The number of rotatable bonds is 8. The summed E-state index contributed by atoms with van der Waals surface area (Å²) in [6.45, 7) is 12.6. The number of piperidine rings is 1. The van der Waals surface area contributed by atoms with E-state index in [0.29, 0.717) is 18.1 Å². The number of nitrogens with one attached hydrogen (secondary N) is 1. The predicted octanol–water partition coefficient (Wildman–Crippen LogP) is 5.61. The van der Waals surface area contributed by atoms with Crippen molar-refractivity contribution in [2.75, 3.05) is 54.0 Å². The highest BCUT2D eigenvalue weighted by molar-refractivity contribution is 5.69. The molecule has 0 bridgehead atoms. The molecule has 7 nitrogen and oxygen atoms in total. The van der Waals surface area contributed by atoms with Crippen molar-refractivity contribution in [2.24, 2.45) is 0 Å². The van der Waals surface area contributed by atoms with E-state index in [0.717, 1.165) is 87.7 Å². The van der Waals surface area contributed by atoms with Gasteiger partial charge in [0.05, 0.1) is 17.6 Å². The molecule has 2 atom stereocenters. The molecule has 1 N–H and O–H groups in total. The van der Waals surface area contributed by atoms with Gasteiger partial charge in [0, 0.05) is 93.4 Å². The van der Waals surface area contributed by atoms with Gasteiger partial charge in [-0.05, 0) is 106 Å². The van der Waals surface area contributed by atoms with Gasteiger partial charge in [-0.1, -0.05) is 0 Å². The number of anilines is 3. The number of piperazine rings is 1. The number of aromatic nitrogens is 2. The highest BCUT2D eigenvalue weighted by Gasteiger charge is 2.34. The molecule has 44 heavy (non-hydrogen) atoms. The minimum absolute atomic E-state index is 0.0893. The molecule has 2 aromatic heterocycles. The van der Waals surface area contributed by atoms with E-state index in [1.165, 1.54) is 35.4 Å². The van der Waals surface area contributed by atoms with Crippen molar-refractivity contribution in [3.05, 3.63) is 88.9 Å². The van der Waals surface area contributed by atoms with Crippen LogP contribution < -0.4 is 20.0 Å². The van der Waals surface area contributed by atoms with Crippen LogP contribution in [0.15, 0.2) is 60.6 Å². The van der Waals surface area contributed by atoms with Crippen molar-refractivity contribution in [2.45, 2.75) is 77.5 Å². The fourth-order valence-corrected chi connectivity index (χ4v) is 7.32. The average Bonchev–Trinajstić information content (AvgIpc) is 3.86. The maximum atomic E-state index is 15.7. The molecule has 3 fully saturated rings. The van der Waals surface area contributed by atoms with Gasteiger partial charge in [0.15, 0.2) is 0 Å². The smallest absolute Gasteiger partial charge is 0.146 e. The zero-order valence-corrected chi connectivity index (χ0v) is 26.5. The summed E-state index contributed by atoms with van der Waals surface area (Å²) in [5.74, 6) is -0.0893. The molecular weight excluding hydrogens is 549 g/mol. The zero-order chi connectivity index (χ0) is 30.2. The summed E-state index contributed by atoms with van der Waals surface area (Å²) in [7, 11) is 0.